The highest BCUT2D eigenvalue weighted by atomic mass is 35.5. The van der Waals surface area contributed by atoms with Gasteiger partial charge in [0.25, 0.3) is 0 Å². The van der Waals surface area contributed by atoms with Crippen LogP contribution in [0.15, 0.2) is 12.1 Å². The Kier molecular flexibility index (Phi) is 3.82. The first kappa shape index (κ1) is 12.1. The fraction of sp³-hybridized carbons (Fsp3) is 0.333. The van der Waals surface area contributed by atoms with E-state index in [0.29, 0.717) is 13.1 Å². The number of rotatable bonds is 2. The van der Waals surface area contributed by atoms with E-state index >= 15 is 0 Å². The van der Waals surface area contributed by atoms with Crippen LogP contribution in [0.3, 0.4) is 0 Å². The van der Waals surface area contributed by atoms with E-state index in [4.69, 9.17) is 4.74 Å². The number of nitrogens with one attached hydrogen (secondary N) is 1. The highest BCUT2D eigenvalue weighted by molar-refractivity contribution is 5.85. The molecule has 0 saturated carbocycles. The summed E-state index contributed by atoms with van der Waals surface area (Å²) in [5.41, 5.74) is 0. The van der Waals surface area contributed by atoms with Gasteiger partial charge in [-0.1, -0.05) is 0 Å². The molecular weight excluding hydrogens is 231 g/mol. The number of hydrogen-bond acceptors (Lipinski definition) is 2. The van der Waals surface area contributed by atoms with Gasteiger partial charge < -0.3 is 10.1 Å². The van der Waals surface area contributed by atoms with E-state index in [-0.39, 0.29) is 24.3 Å². The first-order valence-electron chi connectivity index (χ1n) is 4.19. The largest absolute Gasteiger partial charge is 0.485 e. The summed E-state index contributed by atoms with van der Waals surface area (Å²) in [5, 5.41) is 2.91. The van der Waals surface area contributed by atoms with Crippen molar-refractivity contribution in [2.24, 2.45) is 0 Å². The van der Waals surface area contributed by atoms with Gasteiger partial charge in [-0.05, 0) is 12.1 Å². The molecule has 0 unspecified atom stereocenters. The fourth-order valence-electron chi connectivity index (χ4n) is 1.12. The zero-order valence-electron chi connectivity index (χ0n) is 7.60. The number of hydrogen-bond donors (Lipinski definition) is 1. The standard InChI is InChI=1S/C9H8F3NO.ClH/c10-6-1-2-7(9(12)8(6)11)14-5-3-13-4-5;/h1-2,5,13H,3-4H2;1H. The van der Waals surface area contributed by atoms with Crippen LogP contribution in [0.4, 0.5) is 13.2 Å². The molecule has 0 spiro atoms. The van der Waals surface area contributed by atoms with Gasteiger partial charge >= 0.3 is 0 Å². The molecule has 2 rings (SSSR count). The molecule has 1 aromatic rings. The Morgan fingerprint density at radius 3 is 2.33 bits per heavy atom. The predicted octanol–water partition coefficient (Wildman–Crippen LogP) is 1.88. The second-order valence-corrected chi connectivity index (χ2v) is 3.07. The van der Waals surface area contributed by atoms with Gasteiger partial charge in [0.1, 0.15) is 6.10 Å². The summed E-state index contributed by atoms with van der Waals surface area (Å²) < 4.78 is 43.3. The summed E-state index contributed by atoms with van der Waals surface area (Å²) in [4.78, 5) is 0. The highest BCUT2D eigenvalue weighted by Crippen LogP contribution is 2.23. The Balaban J connectivity index is 0.00000112. The highest BCUT2D eigenvalue weighted by Gasteiger charge is 2.22. The average molecular weight is 240 g/mol. The van der Waals surface area contributed by atoms with Crippen molar-refractivity contribution in [3.8, 4) is 5.75 Å². The first-order valence-corrected chi connectivity index (χ1v) is 4.19. The summed E-state index contributed by atoms with van der Waals surface area (Å²) in [6.07, 6.45) is -0.158. The quantitative estimate of drug-likeness (QED) is 0.796. The van der Waals surface area contributed by atoms with Crippen molar-refractivity contribution in [3.63, 3.8) is 0 Å². The van der Waals surface area contributed by atoms with Crippen LogP contribution in [0.5, 0.6) is 5.75 Å². The smallest absolute Gasteiger partial charge is 0.203 e. The lowest BCUT2D eigenvalue weighted by molar-refractivity contribution is 0.134. The Morgan fingerprint density at radius 2 is 1.80 bits per heavy atom. The van der Waals surface area contributed by atoms with Crippen molar-refractivity contribution in [2.75, 3.05) is 13.1 Å². The van der Waals surface area contributed by atoms with Crippen molar-refractivity contribution in [1.29, 1.82) is 0 Å². The molecule has 0 aliphatic carbocycles. The Hall–Kier alpha value is -0.940. The molecular formula is C9H9ClF3NO. The third-order valence-electron chi connectivity index (χ3n) is 2.04. The minimum absolute atomic E-state index is 0. The van der Waals surface area contributed by atoms with E-state index < -0.39 is 17.5 Å². The van der Waals surface area contributed by atoms with E-state index in [1.807, 2.05) is 0 Å². The molecule has 1 heterocycles. The fourth-order valence-corrected chi connectivity index (χ4v) is 1.12. The van der Waals surface area contributed by atoms with Crippen molar-refractivity contribution < 1.29 is 17.9 Å². The van der Waals surface area contributed by atoms with Gasteiger partial charge in [-0.25, -0.2) is 8.78 Å². The van der Waals surface area contributed by atoms with Gasteiger partial charge in [-0.15, -0.1) is 12.4 Å². The van der Waals surface area contributed by atoms with Crippen molar-refractivity contribution in [2.45, 2.75) is 6.10 Å². The molecule has 0 amide bonds. The molecule has 6 heteroatoms. The first-order chi connectivity index (χ1) is 6.68. The second kappa shape index (κ2) is 4.72. The van der Waals surface area contributed by atoms with Gasteiger partial charge in [-0.3, -0.25) is 0 Å². The SMILES string of the molecule is Cl.Fc1ccc(OC2CNC2)c(F)c1F. The molecule has 1 fully saturated rings. The monoisotopic (exact) mass is 239 g/mol. The van der Waals surface area contributed by atoms with Crippen molar-refractivity contribution in [3.05, 3.63) is 29.6 Å². The van der Waals surface area contributed by atoms with E-state index in [0.717, 1.165) is 12.1 Å². The zero-order chi connectivity index (χ0) is 10.1. The minimum atomic E-state index is -1.49. The Bertz CT molecular complexity index is 357. The zero-order valence-corrected chi connectivity index (χ0v) is 8.41. The summed E-state index contributed by atoms with van der Waals surface area (Å²) in [6, 6.07) is 1.94. The van der Waals surface area contributed by atoms with Gasteiger partial charge in [0.05, 0.1) is 0 Å². The minimum Gasteiger partial charge on any atom is -0.485 e. The normalized spacial score (nSPS) is 15.4. The molecule has 84 valence electrons. The lowest BCUT2D eigenvalue weighted by Crippen LogP contribution is -2.50. The van der Waals surface area contributed by atoms with Crippen LogP contribution in [0, 0.1) is 17.5 Å². The molecule has 15 heavy (non-hydrogen) atoms. The topological polar surface area (TPSA) is 21.3 Å². The lowest BCUT2D eigenvalue weighted by Gasteiger charge is -2.27. The maximum atomic E-state index is 13.0. The van der Waals surface area contributed by atoms with Crippen LogP contribution in [-0.4, -0.2) is 19.2 Å². The Morgan fingerprint density at radius 1 is 1.13 bits per heavy atom. The van der Waals surface area contributed by atoms with Crippen LogP contribution >= 0.6 is 12.4 Å². The number of benzene rings is 1. The van der Waals surface area contributed by atoms with Crippen LogP contribution in [0.1, 0.15) is 0 Å². The molecule has 1 N–H and O–H groups in total. The summed E-state index contributed by atoms with van der Waals surface area (Å²) >= 11 is 0. The maximum Gasteiger partial charge on any atom is 0.203 e. The molecule has 1 aliphatic heterocycles. The lowest BCUT2D eigenvalue weighted by atomic mass is 10.2. The van der Waals surface area contributed by atoms with Crippen LogP contribution in [0.25, 0.3) is 0 Å². The molecule has 2 nitrogen and oxygen atoms in total. The molecule has 1 saturated heterocycles. The van der Waals surface area contributed by atoms with E-state index in [1.54, 1.807) is 0 Å². The molecule has 0 atom stereocenters. The van der Waals surface area contributed by atoms with Crippen molar-refractivity contribution >= 4 is 12.4 Å². The van der Waals surface area contributed by atoms with E-state index in [1.165, 1.54) is 0 Å². The molecule has 0 aromatic heterocycles. The molecule has 0 radical (unpaired) electrons. The maximum absolute atomic E-state index is 13.0. The average Bonchev–Trinajstić information content (AvgIpc) is 2.10. The predicted molar refractivity (Wildman–Crippen MR) is 50.8 cm³/mol. The van der Waals surface area contributed by atoms with Crippen LogP contribution in [-0.2, 0) is 0 Å². The second-order valence-electron chi connectivity index (χ2n) is 3.07. The van der Waals surface area contributed by atoms with Gasteiger partial charge in [0.2, 0.25) is 5.82 Å². The third kappa shape index (κ3) is 2.35. The van der Waals surface area contributed by atoms with Gasteiger partial charge in [-0.2, -0.15) is 4.39 Å². The summed E-state index contributed by atoms with van der Waals surface area (Å²) in [6.45, 7) is 1.19. The third-order valence-corrected chi connectivity index (χ3v) is 2.04. The van der Waals surface area contributed by atoms with Gasteiger partial charge in [0.15, 0.2) is 17.4 Å². The summed E-state index contributed by atoms with van der Waals surface area (Å²) in [7, 11) is 0. The van der Waals surface area contributed by atoms with E-state index in [9.17, 15) is 13.2 Å². The van der Waals surface area contributed by atoms with Crippen molar-refractivity contribution in [1.82, 2.24) is 5.32 Å². The number of ether oxygens (including phenoxy) is 1. The molecule has 1 aliphatic rings. The van der Waals surface area contributed by atoms with Gasteiger partial charge in [0, 0.05) is 13.1 Å². The summed E-state index contributed by atoms with van der Waals surface area (Å²) in [5.74, 6) is -4.20. The molecule has 1 aromatic carbocycles. The van der Waals surface area contributed by atoms with Crippen LogP contribution < -0.4 is 10.1 Å². The van der Waals surface area contributed by atoms with E-state index in [2.05, 4.69) is 5.32 Å². The molecule has 0 bridgehead atoms. The number of halogens is 4. The Labute approximate surface area is 90.8 Å². The van der Waals surface area contributed by atoms with Crippen LogP contribution in [0.2, 0.25) is 0 Å².